The van der Waals surface area contributed by atoms with Gasteiger partial charge in [0.15, 0.2) is 0 Å². The first-order valence-corrected chi connectivity index (χ1v) is 11.5. The minimum atomic E-state index is -4.46. The second-order valence-corrected chi connectivity index (χ2v) is 8.76. The van der Waals surface area contributed by atoms with E-state index in [1.165, 1.54) is 36.2 Å². The van der Waals surface area contributed by atoms with E-state index in [4.69, 9.17) is 14.6 Å². The highest BCUT2D eigenvalue weighted by atomic mass is 32.2. The first kappa shape index (κ1) is 24.0. The molecule has 3 aromatic heterocycles. The Morgan fingerprint density at radius 2 is 1.89 bits per heavy atom. The maximum absolute atomic E-state index is 14.1. The molecule has 0 spiro atoms. The maximum atomic E-state index is 14.1. The van der Waals surface area contributed by atoms with Crippen LogP contribution in [0.5, 0.6) is 11.6 Å². The molecule has 0 radical (unpaired) electrons. The van der Waals surface area contributed by atoms with Crippen LogP contribution in [0.1, 0.15) is 0 Å². The van der Waals surface area contributed by atoms with E-state index in [9.17, 15) is 22.0 Å². The van der Waals surface area contributed by atoms with Crippen molar-refractivity contribution < 1.29 is 31.8 Å². The Morgan fingerprint density at radius 1 is 1.09 bits per heavy atom. The first-order chi connectivity index (χ1) is 16.7. The van der Waals surface area contributed by atoms with Gasteiger partial charge in [0.2, 0.25) is 11.6 Å². The smallest absolute Gasteiger partial charge is 0.300 e. The number of nitrogens with zero attached hydrogens (tertiary/aromatic N) is 3. The highest BCUT2D eigenvalue weighted by Gasteiger charge is 2.22. The SMILES string of the molecule is COc1ncc(-c2ccc3ncc(OCCO)c(=O)n3c2)cc1NS(=O)(=O)c1ccc(F)cc1F. The van der Waals surface area contributed by atoms with Crippen LogP contribution < -0.4 is 19.8 Å². The molecule has 182 valence electrons. The maximum Gasteiger partial charge on any atom is 0.300 e. The Hall–Kier alpha value is -4.10. The molecular formula is C22H18F2N4O6S. The van der Waals surface area contributed by atoms with Crippen molar-refractivity contribution in [3.63, 3.8) is 0 Å². The van der Waals surface area contributed by atoms with Gasteiger partial charge in [-0.25, -0.2) is 27.2 Å². The van der Waals surface area contributed by atoms with Crippen LogP contribution >= 0.6 is 0 Å². The Morgan fingerprint density at radius 3 is 2.60 bits per heavy atom. The third kappa shape index (κ3) is 4.90. The van der Waals surface area contributed by atoms with E-state index in [1.807, 2.05) is 0 Å². The van der Waals surface area contributed by atoms with Crippen molar-refractivity contribution in [1.29, 1.82) is 0 Å². The number of anilines is 1. The molecule has 0 amide bonds. The zero-order valence-electron chi connectivity index (χ0n) is 18.1. The lowest BCUT2D eigenvalue weighted by Crippen LogP contribution is -2.19. The molecule has 0 fully saturated rings. The average molecular weight is 504 g/mol. The Kier molecular flexibility index (Phi) is 6.62. The number of hydrogen-bond donors (Lipinski definition) is 2. The molecular weight excluding hydrogens is 486 g/mol. The monoisotopic (exact) mass is 504 g/mol. The van der Waals surface area contributed by atoms with E-state index in [1.54, 1.807) is 12.1 Å². The summed E-state index contributed by atoms with van der Waals surface area (Å²) in [4.78, 5) is 20.2. The van der Waals surface area contributed by atoms with Gasteiger partial charge < -0.3 is 14.6 Å². The Balaban J connectivity index is 1.75. The number of pyridine rings is 2. The van der Waals surface area contributed by atoms with Crippen molar-refractivity contribution in [1.82, 2.24) is 14.4 Å². The van der Waals surface area contributed by atoms with Crippen molar-refractivity contribution in [3.8, 4) is 22.8 Å². The number of nitrogens with one attached hydrogen (secondary N) is 1. The number of fused-ring (bicyclic) bond motifs is 1. The molecule has 35 heavy (non-hydrogen) atoms. The molecule has 13 heteroatoms. The van der Waals surface area contributed by atoms with E-state index >= 15 is 0 Å². The predicted octanol–water partition coefficient (Wildman–Crippen LogP) is 2.22. The molecule has 2 N–H and O–H groups in total. The Labute approximate surface area is 197 Å². The number of halogens is 2. The largest absolute Gasteiger partial charge is 0.484 e. The van der Waals surface area contributed by atoms with Crippen LogP contribution in [-0.4, -0.2) is 48.2 Å². The van der Waals surface area contributed by atoms with E-state index in [2.05, 4.69) is 14.7 Å². The quantitative estimate of drug-likeness (QED) is 0.373. The molecule has 0 aliphatic heterocycles. The average Bonchev–Trinajstić information content (AvgIpc) is 2.83. The molecule has 0 aliphatic carbocycles. The summed E-state index contributed by atoms with van der Waals surface area (Å²) in [7, 11) is -3.19. The van der Waals surface area contributed by atoms with Gasteiger partial charge in [-0.1, -0.05) is 0 Å². The third-order valence-electron chi connectivity index (χ3n) is 4.83. The molecule has 0 saturated carbocycles. The van der Waals surface area contributed by atoms with Gasteiger partial charge in [-0.15, -0.1) is 0 Å². The summed E-state index contributed by atoms with van der Waals surface area (Å²) in [5.41, 5.74) is 0.547. The summed E-state index contributed by atoms with van der Waals surface area (Å²) in [6, 6.07) is 6.67. The first-order valence-electron chi connectivity index (χ1n) is 10.0. The lowest BCUT2D eigenvalue weighted by molar-refractivity contribution is 0.199. The lowest BCUT2D eigenvalue weighted by Gasteiger charge is -2.13. The normalized spacial score (nSPS) is 11.4. The molecule has 0 aliphatic rings. The predicted molar refractivity (Wildman–Crippen MR) is 121 cm³/mol. The van der Waals surface area contributed by atoms with Crippen LogP contribution in [0.4, 0.5) is 14.5 Å². The van der Waals surface area contributed by atoms with E-state index in [-0.39, 0.29) is 30.5 Å². The lowest BCUT2D eigenvalue weighted by atomic mass is 10.1. The topological polar surface area (TPSA) is 132 Å². The number of aliphatic hydroxyl groups excluding tert-OH is 1. The summed E-state index contributed by atoms with van der Waals surface area (Å²) in [5.74, 6) is -2.34. The summed E-state index contributed by atoms with van der Waals surface area (Å²) < 4.78 is 66.6. The fraction of sp³-hybridized carbons (Fsp3) is 0.136. The number of hydrogen-bond acceptors (Lipinski definition) is 8. The van der Waals surface area contributed by atoms with Gasteiger partial charge >= 0.3 is 0 Å². The molecule has 0 unspecified atom stereocenters. The van der Waals surface area contributed by atoms with Crippen molar-refractivity contribution in [2.24, 2.45) is 0 Å². The minimum Gasteiger partial charge on any atom is -0.484 e. The van der Waals surface area contributed by atoms with E-state index < -0.39 is 32.1 Å². The highest BCUT2D eigenvalue weighted by molar-refractivity contribution is 7.92. The fourth-order valence-corrected chi connectivity index (χ4v) is 4.33. The summed E-state index contributed by atoms with van der Waals surface area (Å²) in [6.07, 6.45) is 4.10. The summed E-state index contributed by atoms with van der Waals surface area (Å²) in [5, 5.41) is 8.92. The molecule has 3 heterocycles. The number of ether oxygens (including phenoxy) is 2. The molecule has 4 rings (SSSR count). The fourth-order valence-electron chi connectivity index (χ4n) is 3.22. The number of methoxy groups -OCH3 is 1. The second kappa shape index (κ2) is 9.64. The molecule has 0 saturated heterocycles. The standard InChI is InChI=1S/C22H18F2N4O6S/c1-33-21-17(27-35(31,32)19-4-3-15(23)9-16(19)24)8-14(10-26-21)13-2-5-20-25-11-18(34-7-6-29)22(30)28(20)12-13/h2-5,8-12,27,29H,6-7H2,1H3. The van der Waals surface area contributed by atoms with Crippen molar-refractivity contribution in [3.05, 3.63) is 77.0 Å². The number of rotatable bonds is 8. The van der Waals surface area contributed by atoms with Crippen molar-refractivity contribution >= 4 is 21.4 Å². The van der Waals surface area contributed by atoms with Crippen LogP contribution in [0.2, 0.25) is 0 Å². The molecule has 0 atom stereocenters. The number of sulfonamides is 1. The van der Waals surface area contributed by atoms with Gasteiger partial charge in [0.25, 0.3) is 15.6 Å². The van der Waals surface area contributed by atoms with Crippen LogP contribution in [0.15, 0.2) is 64.7 Å². The van der Waals surface area contributed by atoms with Crippen LogP contribution in [0, 0.1) is 11.6 Å². The van der Waals surface area contributed by atoms with Gasteiger partial charge in [0.05, 0.1) is 19.9 Å². The summed E-state index contributed by atoms with van der Waals surface area (Å²) >= 11 is 0. The molecule has 1 aromatic carbocycles. The van der Waals surface area contributed by atoms with E-state index in [0.29, 0.717) is 22.8 Å². The molecule has 0 bridgehead atoms. The van der Waals surface area contributed by atoms with Crippen molar-refractivity contribution in [2.75, 3.05) is 25.0 Å². The van der Waals surface area contributed by atoms with Crippen LogP contribution in [0.25, 0.3) is 16.8 Å². The van der Waals surface area contributed by atoms with E-state index in [0.717, 1.165) is 12.1 Å². The van der Waals surface area contributed by atoms with Gasteiger partial charge in [0.1, 0.15) is 34.5 Å². The van der Waals surface area contributed by atoms with Gasteiger partial charge in [-0.2, -0.15) is 0 Å². The molecule has 10 nitrogen and oxygen atoms in total. The Bertz CT molecular complexity index is 1580. The van der Waals surface area contributed by atoms with Gasteiger partial charge in [-0.3, -0.25) is 13.9 Å². The molecule has 4 aromatic rings. The number of aliphatic hydroxyl groups is 1. The van der Waals surface area contributed by atoms with Crippen molar-refractivity contribution in [2.45, 2.75) is 4.90 Å². The summed E-state index contributed by atoms with van der Waals surface area (Å²) in [6.45, 7) is -0.358. The second-order valence-electron chi connectivity index (χ2n) is 7.11. The zero-order chi connectivity index (χ0) is 25.2. The van der Waals surface area contributed by atoms with Crippen LogP contribution in [-0.2, 0) is 10.0 Å². The third-order valence-corrected chi connectivity index (χ3v) is 6.22. The van der Waals surface area contributed by atoms with Gasteiger partial charge in [-0.05, 0) is 30.3 Å². The van der Waals surface area contributed by atoms with Crippen LogP contribution in [0.3, 0.4) is 0 Å². The number of aromatic nitrogens is 3. The highest BCUT2D eigenvalue weighted by Crippen LogP contribution is 2.30. The van der Waals surface area contributed by atoms with Gasteiger partial charge in [0, 0.05) is 29.6 Å². The minimum absolute atomic E-state index is 0.0590. The number of benzene rings is 1. The zero-order valence-corrected chi connectivity index (χ0v) is 18.9.